The molecule has 0 aromatic carbocycles. The van der Waals surface area contributed by atoms with E-state index in [0.29, 0.717) is 5.92 Å². The molecule has 0 spiro atoms. The lowest BCUT2D eigenvalue weighted by Crippen LogP contribution is -2.38. The average molecular weight is 375 g/mol. The quantitative estimate of drug-likeness (QED) is 0.798. The first-order chi connectivity index (χ1) is 9.04. The van der Waals surface area contributed by atoms with E-state index < -0.39 is 0 Å². The van der Waals surface area contributed by atoms with Gasteiger partial charge in [-0.15, -0.1) is 0 Å². The van der Waals surface area contributed by atoms with E-state index >= 15 is 0 Å². The highest BCUT2D eigenvalue weighted by atomic mass is 127. The van der Waals surface area contributed by atoms with Gasteiger partial charge in [-0.3, -0.25) is 0 Å². The van der Waals surface area contributed by atoms with Crippen LogP contribution < -0.4 is 5.32 Å². The maximum absolute atomic E-state index is 5.71. The van der Waals surface area contributed by atoms with Crippen molar-refractivity contribution in [3.63, 3.8) is 0 Å². The summed E-state index contributed by atoms with van der Waals surface area (Å²) in [5.41, 5.74) is 0.864. The van der Waals surface area contributed by atoms with E-state index in [1.165, 1.54) is 6.42 Å². The number of anilines is 1. The number of aromatic nitrogens is 2. The van der Waals surface area contributed by atoms with Crippen molar-refractivity contribution >= 4 is 28.4 Å². The third kappa shape index (κ3) is 2.72. The zero-order chi connectivity index (χ0) is 14.0. The summed E-state index contributed by atoms with van der Waals surface area (Å²) in [6, 6.07) is 0. The second kappa shape index (κ2) is 5.91. The monoisotopic (exact) mass is 375 g/mol. The molecule has 0 radical (unpaired) electrons. The fraction of sp³-hybridized carbons (Fsp3) is 0.714. The molecule has 5 heteroatoms. The number of hydrogen-bond donors (Lipinski definition) is 1. The number of ether oxygens (including phenoxy) is 1. The number of methoxy groups -OCH3 is 1. The topological polar surface area (TPSA) is 47.0 Å². The van der Waals surface area contributed by atoms with Crippen LogP contribution in [0.4, 0.5) is 5.82 Å². The highest BCUT2D eigenvalue weighted by Gasteiger charge is 2.42. The smallest absolute Gasteiger partial charge is 0.162 e. The lowest BCUT2D eigenvalue weighted by atomic mass is 9.79. The molecular weight excluding hydrogens is 353 g/mol. The Labute approximate surface area is 128 Å². The van der Waals surface area contributed by atoms with E-state index in [1.807, 2.05) is 0 Å². The van der Waals surface area contributed by atoms with Gasteiger partial charge in [0.15, 0.2) is 5.82 Å². The molecule has 1 N–H and O–H groups in total. The molecule has 2 rings (SSSR count). The molecule has 1 aromatic rings. The molecular formula is C14H22IN3O. The summed E-state index contributed by atoms with van der Waals surface area (Å²) < 4.78 is 6.84. The minimum Gasteiger partial charge on any atom is -0.370 e. The summed E-state index contributed by atoms with van der Waals surface area (Å²) in [7, 11) is 1.77. The fourth-order valence-corrected chi connectivity index (χ4v) is 3.41. The Hall–Kier alpha value is -0.430. The normalized spacial score (nSPS) is 17.4. The van der Waals surface area contributed by atoms with Crippen molar-refractivity contribution in [3.05, 3.63) is 15.1 Å². The van der Waals surface area contributed by atoms with Crippen LogP contribution in [0.5, 0.6) is 0 Å². The summed E-state index contributed by atoms with van der Waals surface area (Å²) in [4.78, 5) is 9.51. The number of hydrogen-bond acceptors (Lipinski definition) is 4. The Kier molecular flexibility index (Phi) is 4.66. The standard InChI is InChI=1S/C14H22IN3O/c1-5-16-12-10(15)11(9(2)3)17-13(18-12)14(19-4)7-6-8-14/h9H,5-8H2,1-4H3,(H,16,17,18). The van der Waals surface area contributed by atoms with Crippen LogP contribution in [-0.4, -0.2) is 23.6 Å². The Bertz CT molecular complexity index is 453. The number of rotatable bonds is 5. The molecule has 0 unspecified atom stereocenters. The molecule has 1 aliphatic carbocycles. The molecule has 1 aliphatic rings. The zero-order valence-corrected chi connectivity index (χ0v) is 14.2. The predicted molar refractivity (Wildman–Crippen MR) is 85.5 cm³/mol. The summed E-state index contributed by atoms with van der Waals surface area (Å²) in [6.45, 7) is 7.29. The molecule has 0 bridgehead atoms. The van der Waals surface area contributed by atoms with Gasteiger partial charge in [-0.25, -0.2) is 9.97 Å². The molecule has 106 valence electrons. The molecule has 1 fully saturated rings. The lowest BCUT2D eigenvalue weighted by Gasteiger charge is -2.39. The average Bonchev–Trinajstić information content (AvgIpc) is 2.32. The van der Waals surface area contributed by atoms with Gasteiger partial charge in [0.05, 0.1) is 9.26 Å². The third-order valence-electron chi connectivity index (χ3n) is 3.73. The van der Waals surface area contributed by atoms with Crippen LogP contribution in [0.25, 0.3) is 0 Å². The van der Waals surface area contributed by atoms with Gasteiger partial charge >= 0.3 is 0 Å². The maximum Gasteiger partial charge on any atom is 0.162 e. The minimum atomic E-state index is -0.252. The van der Waals surface area contributed by atoms with E-state index in [4.69, 9.17) is 14.7 Å². The van der Waals surface area contributed by atoms with Crippen molar-refractivity contribution < 1.29 is 4.74 Å². The van der Waals surface area contributed by atoms with Crippen molar-refractivity contribution in [2.45, 2.75) is 51.6 Å². The number of nitrogens with one attached hydrogen (secondary N) is 1. The van der Waals surface area contributed by atoms with Gasteiger partial charge in [0.2, 0.25) is 0 Å². The molecule has 0 saturated heterocycles. The van der Waals surface area contributed by atoms with Gasteiger partial charge in [-0.05, 0) is 54.7 Å². The van der Waals surface area contributed by atoms with Crippen LogP contribution >= 0.6 is 22.6 Å². The van der Waals surface area contributed by atoms with Crippen molar-refractivity contribution in [2.24, 2.45) is 0 Å². The fourth-order valence-electron chi connectivity index (χ4n) is 2.35. The first-order valence-electron chi connectivity index (χ1n) is 6.91. The number of halogens is 1. The molecule has 0 atom stereocenters. The summed E-state index contributed by atoms with van der Waals surface area (Å²) >= 11 is 2.34. The molecule has 1 heterocycles. The van der Waals surface area contributed by atoms with Crippen molar-refractivity contribution in [1.82, 2.24) is 9.97 Å². The minimum absolute atomic E-state index is 0.252. The molecule has 4 nitrogen and oxygen atoms in total. The Morgan fingerprint density at radius 1 is 1.37 bits per heavy atom. The van der Waals surface area contributed by atoms with Crippen LogP contribution in [0.2, 0.25) is 0 Å². The van der Waals surface area contributed by atoms with E-state index in [2.05, 4.69) is 48.7 Å². The van der Waals surface area contributed by atoms with Crippen LogP contribution in [-0.2, 0) is 10.3 Å². The first-order valence-corrected chi connectivity index (χ1v) is 7.99. The van der Waals surface area contributed by atoms with Crippen LogP contribution in [0.15, 0.2) is 0 Å². The van der Waals surface area contributed by atoms with Gasteiger partial charge in [0, 0.05) is 13.7 Å². The predicted octanol–water partition coefficient (Wildman–Crippen LogP) is 3.66. The highest BCUT2D eigenvalue weighted by Crippen LogP contribution is 2.43. The van der Waals surface area contributed by atoms with Gasteiger partial charge in [0.1, 0.15) is 11.4 Å². The second-order valence-electron chi connectivity index (χ2n) is 5.33. The number of nitrogens with zero attached hydrogens (tertiary/aromatic N) is 2. The Balaban J connectivity index is 2.49. The lowest BCUT2D eigenvalue weighted by molar-refractivity contribution is -0.0847. The highest BCUT2D eigenvalue weighted by molar-refractivity contribution is 14.1. The van der Waals surface area contributed by atoms with E-state index in [9.17, 15) is 0 Å². The zero-order valence-electron chi connectivity index (χ0n) is 12.1. The van der Waals surface area contributed by atoms with Crippen molar-refractivity contribution in [3.8, 4) is 0 Å². The third-order valence-corrected chi connectivity index (χ3v) is 4.79. The van der Waals surface area contributed by atoms with Crippen molar-refractivity contribution in [2.75, 3.05) is 19.0 Å². The summed E-state index contributed by atoms with van der Waals surface area (Å²) in [5, 5.41) is 3.34. The van der Waals surface area contributed by atoms with Crippen LogP contribution in [0.3, 0.4) is 0 Å². The Morgan fingerprint density at radius 3 is 2.47 bits per heavy atom. The van der Waals surface area contributed by atoms with Gasteiger partial charge < -0.3 is 10.1 Å². The van der Waals surface area contributed by atoms with E-state index in [-0.39, 0.29) is 5.60 Å². The molecule has 1 saturated carbocycles. The van der Waals surface area contributed by atoms with Crippen LogP contribution in [0.1, 0.15) is 57.5 Å². The molecule has 1 aromatic heterocycles. The molecule has 0 aliphatic heterocycles. The van der Waals surface area contributed by atoms with Gasteiger partial charge in [-0.1, -0.05) is 13.8 Å². The van der Waals surface area contributed by atoms with Gasteiger partial charge in [0.25, 0.3) is 0 Å². The first kappa shape index (κ1) is 15.0. The summed E-state index contributed by atoms with van der Waals surface area (Å²) in [5.74, 6) is 2.18. The molecule has 0 amide bonds. The summed E-state index contributed by atoms with van der Waals surface area (Å²) in [6.07, 6.45) is 3.23. The second-order valence-corrected chi connectivity index (χ2v) is 6.41. The van der Waals surface area contributed by atoms with E-state index in [1.54, 1.807) is 7.11 Å². The SMILES string of the molecule is CCNc1nc(C2(OC)CCC2)nc(C(C)C)c1I. The van der Waals surface area contributed by atoms with Gasteiger partial charge in [-0.2, -0.15) is 0 Å². The molecule has 19 heavy (non-hydrogen) atoms. The largest absolute Gasteiger partial charge is 0.370 e. The Morgan fingerprint density at radius 2 is 2.05 bits per heavy atom. The van der Waals surface area contributed by atoms with E-state index in [0.717, 1.165) is 40.3 Å². The van der Waals surface area contributed by atoms with Crippen LogP contribution in [0, 0.1) is 3.57 Å². The van der Waals surface area contributed by atoms with Crippen molar-refractivity contribution in [1.29, 1.82) is 0 Å². The maximum atomic E-state index is 5.71.